The van der Waals surface area contributed by atoms with Crippen LogP contribution >= 0.6 is 27.5 Å². The van der Waals surface area contributed by atoms with Gasteiger partial charge in [-0.15, -0.1) is 11.6 Å². The van der Waals surface area contributed by atoms with E-state index in [9.17, 15) is 17.2 Å². The summed E-state index contributed by atoms with van der Waals surface area (Å²) in [7, 11) is -3.68. The van der Waals surface area contributed by atoms with Crippen LogP contribution in [0.15, 0.2) is 16.6 Å². The van der Waals surface area contributed by atoms with Crippen LogP contribution in [0.5, 0.6) is 0 Å². The van der Waals surface area contributed by atoms with Crippen LogP contribution in [0, 0.1) is 11.6 Å². The van der Waals surface area contributed by atoms with E-state index in [0.29, 0.717) is 6.07 Å². The largest absolute Gasteiger partial charge is 0.279 e. The minimum absolute atomic E-state index is 0.00412. The van der Waals surface area contributed by atoms with Gasteiger partial charge in [-0.1, -0.05) is 0 Å². The SMILES string of the molecule is O=S(=O)(CCCCl)Nc1c(F)cc(F)cc1Br. The van der Waals surface area contributed by atoms with Gasteiger partial charge in [0.15, 0.2) is 5.82 Å². The topological polar surface area (TPSA) is 46.2 Å². The summed E-state index contributed by atoms with van der Waals surface area (Å²) >= 11 is 8.25. The Morgan fingerprint density at radius 3 is 2.53 bits per heavy atom. The molecule has 0 atom stereocenters. The molecule has 0 aromatic heterocycles. The van der Waals surface area contributed by atoms with Gasteiger partial charge in [-0.3, -0.25) is 4.72 Å². The number of halogens is 4. The minimum atomic E-state index is -3.68. The van der Waals surface area contributed by atoms with Crippen molar-refractivity contribution < 1.29 is 17.2 Å². The first-order valence-corrected chi connectivity index (χ1v) is 7.54. The molecular weight excluding hydrogens is 340 g/mol. The van der Waals surface area contributed by atoms with Gasteiger partial charge in [-0.25, -0.2) is 17.2 Å². The van der Waals surface area contributed by atoms with Gasteiger partial charge in [-0.2, -0.15) is 0 Å². The number of hydrogen-bond donors (Lipinski definition) is 1. The Labute approximate surface area is 111 Å². The molecular formula is C9H9BrClF2NO2S. The third-order valence-corrected chi connectivity index (χ3v) is 4.05. The van der Waals surface area contributed by atoms with Crippen molar-refractivity contribution >= 4 is 43.2 Å². The van der Waals surface area contributed by atoms with E-state index < -0.39 is 21.7 Å². The summed E-state index contributed by atoms with van der Waals surface area (Å²) in [6.45, 7) is 0. The molecule has 1 N–H and O–H groups in total. The maximum Gasteiger partial charge on any atom is 0.232 e. The summed E-state index contributed by atoms with van der Waals surface area (Å²) < 4.78 is 51.2. The molecule has 0 aliphatic heterocycles. The van der Waals surface area contributed by atoms with E-state index in [2.05, 4.69) is 15.9 Å². The Morgan fingerprint density at radius 2 is 2.00 bits per heavy atom. The van der Waals surface area contributed by atoms with Gasteiger partial charge in [0, 0.05) is 16.4 Å². The monoisotopic (exact) mass is 347 g/mol. The van der Waals surface area contributed by atoms with Gasteiger partial charge in [0.1, 0.15) is 5.82 Å². The van der Waals surface area contributed by atoms with Crippen molar-refractivity contribution in [3.8, 4) is 0 Å². The number of benzene rings is 1. The number of nitrogens with one attached hydrogen (secondary N) is 1. The number of sulfonamides is 1. The Bertz CT molecular complexity index is 487. The van der Waals surface area contributed by atoms with Gasteiger partial charge in [0.25, 0.3) is 0 Å². The first kappa shape index (κ1) is 14.7. The van der Waals surface area contributed by atoms with Gasteiger partial charge in [-0.05, 0) is 28.4 Å². The molecule has 0 amide bonds. The van der Waals surface area contributed by atoms with E-state index in [1.807, 2.05) is 4.72 Å². The number of rotatable bonds is 5. The van der Waals surface area contributed by atoms with Crippen LogP contribution in [0.25, 0.3) is 0 Å². The third kappa shape index (κ3) is 4.40. The zero-order valence-electron chi connectivity index (χ0n) is 8.51. The van der Waals surface area contributed by atoms with E-state index in [4.69, 9.17) is 11.6 Å². The Balaban J connectivity index is 2.96. The number of anilines is 1. The molecule has 0 aliphatic carbocycles. The van der Waals surface area contributed by atoms with E-state index >= 15 is 0 Å². The second-order valence-electron chi connectivity index (χ2n) is 3.21. The van der Waals surface area contributed by atoms with Crippen molar-refractivity contribution in [2.75, 3.05) is 16.4 Å². The number of alkyl halides is 1. The lowest BCUT2D eigenvalue weighted by Gasteiger charge is -2.10. The third-order valence-electron chi connectivity index (χ3n) is 1.81. The summed E-state index contributed by atoms with van der Waals surface area (Å²) in [4.78, 5) is 0. The van der Waals surface area contributed by atoms with Crippen LogP contribution in [-0.2, 0) is 10.0 Å². The molecule has 0 heterocycles. The second kappa shape index (κ2) is 5.97. The molecule has 1 aromatic carbocycles. The number of hydrogen-bond acceptors (Lipinski definition) is 2. The first-order chi connectivity index (χ1) is 7.85. The Kier molecular flexibility index (Phi) is 5.15. The zero-order valence-corrected chi connectivity index (χ0v) is 11.7. The molecule has 0 aliphatic rings. The summed E-state index contributed by atoms with van der Waals surface area (Å²) in [6, 6.07) is 1.58. The molecule has 0 spiro atoms. The van der Waals surface area contributed by atoms with Gasteiger partial charge < -0.3 is 0 Å². The van der Waals surface area contributed by atoms with Crippen LogP contribution in [-0.4, -0.2) is 20.1 Å². The average molecular weight is 349 g/mol. The summed E-state index contributed by atoms with van der Waals surface area (Å²) in [6.07, 6.45) is 0.247. The molecule has 3 nitrogen and oxygen atoms in total. The normalized spacial score (nSPS) is 11.5. The molecule has 0 unspecified atom stereocenters. The average Bonchev–Trinajstić information content (AvgIpc) is 2.21. The lowest BCUT2D eigenvalue weighted by molar-refractivity contribution is 0.581. The van der Waals surface area contributed by atoms with Crippen molar-refractivity contribution in [3.63, 3.8) is 0 Å². The highest BCUT2D eigenvalue weighted by Gasteiger charge is 2.16. The van der Waals surface area contributed by atoms with Crippen LogP contribution in [0.1, 0.15) is 6.42 Å². The fourth-order valence-corrected chi connectivity index (χ4v) is 3.17. The summed E-state index contributed by atoms with van der Waals surface area (Å²) in [5, 5.41) is 0. The van der Waals surface area contributed by atoms with Crippen LogP contribution in [0.4, 0.5) is 14.5 Å². The molecule has 0 bridgehead atoms. The molecule has 0 saturated carbocycles. The van der Waals surface area contributed by atoms with E-state index in [1.54, 1.807) is 0 Å². The van der Waals surface area contributed by atoms with Crippen molar-refractivity contribution in [1.29, 1.82) is 0 Å². The van der Waals surface area contributed by atoms with Gasteiger partial charge >= 0.3 is 0 Å². The van der Waals surface area contributed by atoms with E-state index in [1.165, 1.54) is 0 Å². The lowest BCUT2D eigenvalue weighted by atomic mass is 10.3. The minimum Gasteiger partial charge on any atom is -0.279 e. The lowest BCUT2D eigenvalue weighted by Crippen LogP contribution is -2.18. The van der Waals surface area contributed by atoms with E-state index in [0.717, 1.165) is 6.07 Å². The molecule has 0 fully saturated rings. The summed E-state index contributed by atoms with van der Waals surface area (Å²) in [5.74, 6) is -1.81. The Hall–Kier alpha value is -0.400. The highest BCUT2D eigenvalue weighted by atomic mass is 79.9. The van der Waals surface area contributed by atoms with E-state index in [-0.39, 0.29) is 28.2 Å². The molecule has 0 radical (unpaired) electrons. The standard InChI is InChI=1S/C9H9BrClF2NO2S/c10-7-4-6(12)5-8(13)9(7)14-17(15,16)3-1-2-11/h4-5,14H,1-3H2. The quantitative estimate of drug-likeness (QED) is 0.831. The van der Waals surface area contributed by atoms with Crippen LogP contribution in [0.2, 0.25) is 0 Å². The zero-order chi connectivity index (χ0) is 13.1. The predicted molar refractivity (Wildman–Crippen MR) is 66.8 cm³/mol. The molecule has 1 aromatic rings. The second-order valence-corrected chi connectivity index (χ2v) is 6.28. The van der Waals surface area contributed by atoms with Crippen LogP contribution < -0.4 is 4.72 Å². The Morgan fingerprint density at radius 1 is 1.35 bits per heavy atom. The molecule has 96 valence electrons. The first-order valence-electron chi connectivity index (χ1n) is 4.57. The fourth-order valence-electron chi connectivity index (χ4n) is 1.09. The van der Waals surface area contributed by atoms with Crippen molar-refractivity contribution in [1.82, 2.24) is 0 Å². The smallest absolute Gasteiger partial charge is 0.232 e. The molecule has 8 heteroatoms. The van der Waals surface area contributed by atoms with Crippen molar-refractivity contribution in [3.05, 3.63) is 28.2 Å². The maximum atomic E-state index is 13.3. The maximum absolute atomic E-state index is 13.3. The van der Waals surface area contributed by atoms with Crippen LogP contribution in [0.3, 0.4) is 0 Å². The predicted octanol–water partition coefficient (Wildman–Crippen LogP) is 3.10. The summed E-state index contributed by atoms with van der Waals surface area (Å²) in [5.41, 5.74) is -0.305. The highest BCUT2D eigenvalue weighted by Crippen LogP contribution is 2.27. The molecule has 0 saturated heterocycles. The van der Waals surface area contributed by atoms with Gasteiger partial charge in [0.2, 0.25) is 10.0 Å². The highest BCUT2D eigenvalue weighted by molar-refractivity contribution is 9.10. The van der Waals surface area contributed by atoms with Crippen molar-refractivity contribution in [2.24, 2.45) is 0 Å². The van der Waals surface area contributed by atoms with Gasteiger partial charge in [0.05, 0.1) is 11.4 Å². The molecule has 17 heavy (non-hydrogen) atoms. The molecule has 1 rings (SSSR count). The fraction of sp³-hybridized carbons (Fsp3) is 0.333. The van der Waals surface area contributed by atoms with Crippen molar-refractivity contribution in [2.45, 2.75) is 6.42 Å².